The van der Waals surface area contributed by atoms with Crippen LogP contribution in [0.3, 0.4) is 0 Å². The molecule has 0 radical (unpaired) electrons. The third kappa shape index (κ3) is 4.65. The van der Waals surface area contributed by atoms with E-state index in [0.717, 1.165) is 50.5 Å². The Bertz CT molecular complexity index is 1190. The lowest BCUT2D eigenvalue weighted by molar-refractivity contribution is 0.0699. The van der Waals surface area contributed by atoms with Crippen LogP contribution in [0.5, 0.6) is 0 Å². The molecule has 164 valence electrons. The summed E-state index contributed by atoms with van der Waals surface area (Å²) < 4.78 is 27.7. The van der Waals surface area contributed by atoms with Gasteiger partial charge in [-0.05, 0) is 48.7 Å². The summed E-state index contributed by atoms with van der Waals surface area (Å²) in [6.45, 7) is 6.63. The first-order valence-electron chi connectivity index (χ1n) is 10.1. The highest BCUT2D eigenvalue weighted by Gasteiger charge is 2.21. The highest BCUT2D eigenvalue weighted by molar-refractivity contribution is 7.94. The van der Waals surface area contributed by atoms with E-state index in [2.05, 4.69) is 26.4 Å². The van der Waals surface area contributed by atoms with Crippen molar-refractivity contribution in [3.05, 3.63) is 47.3 Å². The lowest BCUT2D eigenvalue weighted by Crippen LogP contribution is -2.46. The number of nitrogens with zero attached hydrogens (tertiary/aromatic N) is 3. The van der Waals surface area contributed by atoms with Crippen LogP contribution in [-0.2, 0) is 10.0 Å². The maximum Gasteiger partial charge on any atom is 0.336 e. The van der Waals surface area contributed by atoms with Crippen molar-refractivity contribution >= 4 is 49.7 Å². The Morgan fingerprint density at radius 3 is 2.61 bits per heavy atom. The van der Waals surface area contributed by atoms with E-state index in [-0.39, 0.29) is 9.77 Å². The minimum atomic E-state index is -3.72. The van der Waals surface area contributed by atoms with Crippen molar-refractivity contribution in [3.8, 4) is 0 Å². The zero-order valence-electron chi connectivity index (χ0n) is 17.1. The Morgan fingerprint density at radius 1 is 1.19 bits per heavy atom. The first-order valence-corrected chi connectivity index (χ1v) is 12.5. The van der Waals surface area contributed by atoms with Gasteiger partial charge in [-0.3, -0.25) is 9.62 Å². The number of hydrogen-bond acceptors (Lipinski definition) is 7. The number of aromatic carboxylic acids is 1. The minimum absolute atomic E-state index is 0.105. The summed E-state index contributed by atoms with van der Waals surface area (Å²) in [5.74, 6) is -0.440. The van der Waals surface area contributed by atoms with Crippen molar-refractivity contribution in [1.82, 2.24) is 9.88 Å². The largest absolute Gasteiger partial charge is 0.478 e. The van der Waals surface area contributed by atoms with Crippen molar-refractivity contribution in [2.24, 2.45) is 0 Å². The van der Waals surface area contributed by atoms with E-state index >= 15 is 0 Å². The van der Waals surface area contributed by atoms with Gasteiger partial charge in [0.1, 0.15) is 10.0 Å². The summed E-state index contributed by atoms with van der Waals surface area (Å²) >= 11 is 1.12. The van der Waals surface area contributed by atoms with Gasteiger partial charge >= 0.3 is 5.97 Å². The van der Waals surface area contributed by atoms with Crippen LogP contribution in [-0.4, -0.2) is 62.1 Å². The number of sulfonamides is 1. The summed E-state index contributed by atoms with van der Waals surface area (Å²) in [7, 11) is -3.72. The monoisotopic (exact) mass is 460 g/mol. The molecule has 2 aromatic heterocycles. The number of rotatable bonds is 7. The molecule has 10 heteroatoms. The molecule has 1 aromatic carbocycles. The highest BCUT2D eigenvalue weighted by Crippen LogP contribution is 2.28. The fourth-order valence-corrected chi connectivity index (χ4v) is 5.80. The van der Waals surface area contributed by atoms with Crippen LogP contribution in [0, 0.1) is 0 Å². The molecule has 1 saturated heterocycles. The van der Waals surface area contributed by atoms with Crippen LogP contribution in [0.25, 0.3) is 10.9 Å². The Kier molecular flexibility index (Phi) is 6.12. The number of hydrogen-bond donors (Lipinski definition) is 2. The Balaban J connectivity index is 1.65. The lowest BCUT2D eigenvalue weighted by atomic mass is 10.1. The van der Waals surface area contributed by atoms with Crippen LogP contribution in [0.2, 0.25) is 0 Å². The van der Waals surface area contributed by atoms with Crippen molar-refractivity contribution in [2.45, 2.75) is 17.6 Å². The SMILES string of the molecule is CCCN1CCN(c2cc(C(=O)O)c3cc(NS(=O)(=O)c4cccs4)ccc3n2)CC1. The molecule has 3 heterocycles. The first-order chi connectivity index (χ1) is 14.9. The van der Waals surface area contributed by atoms with E-state index in [1.54, 1.807) is 29.6 Å². The predicted octanol–water partition coefficient (Wildman–Crippen LogP) is 3.33. The number of benzene rings is 1. The third-order valence-corrected chi connectivity index (χ3v) is 8.05. The summed E-state index contributed by atoms with van der Waals surface area (Å²) in [6, 6.07) is 9.55. The molecule has 2 N–H and O–H groups in total. The second-order valence-corrected chi connectivity index (χ2v) is 10.3. The van der Waals surface area contributed by atoms with Gasteiger partial charge in [0.25, 0.3) is 10.0 Å². The Labute approximate surface area is 185 Å². The number of anilines is 2. The Hall–Kier alpha value is -2.69. The van der Waals surface area contributed by atoms with Gasteiger partial charge in [0.15, 0.2) is 0 Å². The normalized spacial score (nSPS) is 15.3. The van der Waals surface area contributed by atoms with Crippen molar-refractivity contribution < 1.29 is 18.3 Å². The molecule has 0 spiro atoms. The number of piperazine rings is 1. The lowest BCUT2D eigenvalue weighted by Gasteiger charge is -2.35. The molecule has 1 aliphatic heterocycles. The highest BCUT2D eigenvalue weighted by atomic mass is 32.2. The molecular weight excluding hydrogens is 436 g/mol. The van der Waals surface area contributed by atoms with Gasteiger partial charge in [-0.2, -0.15) is 0 Å². The molecule has 3 aromatic rings. The number of thiophene rings is 1. The number of nitrogens with one attached hydrogen (secondary N) is 1. The van der Waals surface area contributed by atoms with E-state index in [1.165, 1.54) is 12.1 Å². The van der Waals surface area contributed by atoms with Gasteiger partial charge in [-0.15, -0.1) is 11.3 Å². The summed E-state index contributed by atoms with van der Waals surface area (Å²) in [5.41, 5.74) is 0.921. The third-order valence-electron chi connectivity index (χ3n) is 5.27. The van der Waals surface area contributed by atoms with E-state index in [4.69, 9.17) is 0 Å². The zero-order valence-corrected chi connectivity index (χ0v) is 18.7. The summed E-state index contributed by atoms with van der Waals surface area (Å²) in [5, 5.41) is 11.9. The molecule has 0 bridgehead atoms. The average Bonchev–Trinajstić information content (AvgIpc) is 3.29. The second-order valence-electron chi connectivity index (χ2n) is 7.43. The standard InChI is InChI=1S/C21H24N4O4S2/c1-2-7-24-8-10-25(11-9-24)19-14-17(21(26)27)16-13-15(5-6-18(16)22-19)23-31(28,29)20-4-3-12-30-20/h3-6,12-14,23H,2,7-11H2,1H3,(H,26,27). The number of carbonyl (C=O) groups is 1. The van der Waals surface area contributed by atoms with Crippen LogP contribution in [0.15, 0.2) is 46.0 Å². The molecule has 0 saturated carbocycles. The van der Waals surface area contributed by atoms with Gasteiger partial charge in [-0.25, -0.2) is 18.2 Å². The molecule has 0 unspecified atom stereocenters. The second kappa shape index (κ2) is 8.81. The van der Waals surface area contributed by atoms with Crippen molar-refractivity contribution in [3.63, 3.8) is 0 Å². The van der Waals surface area contributed by atoms with Gasteiger partial charge < -0.3 is 10.0 Å². The predicted molar refractivity (Wildman–Crippen MR) is 123 cm³/mol. The molecule has 31 heavy (non-hydrogen) atoms. The van der Waals surface area contributed by atoms with Crippen LogP contribution >= 0.6 is 11.3 Å². The van der Waals surface area contributed by atoms with Crippen LogP contribution in [0.4, 0.5) is 11.5 Å². The molecular formula is C21H24N4O4S2. The molecule has 1 aliphatic rings. The van der Waals surface area contributed by atoms with Crippen molar-refractivity contribution in [2.75, 3.05) is 42.3 Å². The number of carboxylic acid groups (broad SMARTS) is 1. The maximum atomic E-state index is 12.5. The van der Waals surface area contributed by atoms with E-state index in [9.17, 15) is 18.3 Å². The average molecular weight is 461 g/mol. The van der Waals surface area contributed by atoms with E-state index in [0.29, 0.717) is 22.4 Å². The van der Waals surface area contributed by atoms with Crippen molar-refractivity contribution in [1.29, 1.82) is 0 Å². The number of carboxylic acids is 1. The number of fused-ring (bicyclic) bond motifs is 1. The minimum Gasteiger partial charge on any atom is -0.478 e. The van der Waals surface area contributed by atoms with Gasteiger partial charge in [0.2, 0.25) is 0 Å². The summed E-state index contributed by atoms with van der Waals surface area (Å²) in [6.07, 6.45) is 1.11. The smallest absolute Gasteiger partial charge is 0.336 e. The quantitative estimate of drug-likeness (QED) is 0.557. The van der Waals surface area contributed by atoms with Gasteiger partial charge in [-0.1, -0.05) is 13.0 Å². The maximum absolute atomic E-state index is 12.5. The number of aromatic nitrogens is 1. The molecule has 0 amide bonds. The summed E-state index contributed by atoms with van der Waals surface area (Å²) in [4.78, 5) is 21.1. The fourth-order valence-electron chi connectivity index (χ4n) is 3.75. The molecule has 0 aliphatic carbocycles. The fraction of sp³-hybridized carbons (Fsp3) is 0.333. The number of pyridine rings is 1. The Morgan fingerprint density at radius 2 is 1.97 bits per heavy atom. The molecule has 1 fully saturated rings. The van der Waals surface area contributed by atoms with E-state index in [1.807, 2.05) is 0 Å². The van der Waals surface area contributed by atoms with Crippen LogP contribution < -0.4 is 9.62 Å². The molecule has 4 rings (SSSR count). The van der Waals surface area contributed by atoms with E-state index < -0.39 is 16.0 Å². The molecule has 8 nitrogen and oxygen atoms in total. The topological polar surface area (TPSA) is 103 Å². The molecule has 0 atom stereocenters. The zero-order chi connectivity index (χ0) is 22.0. The first kappa shape index (κ1) is 21.5. The van der Waals surface area contributed by atoms with Crippen LogP contribution in [0.1, 0.15) is 23.7 Å². The van der Waals surface area contributed by atoms with Gasteiger partial charge in [0, 0.05) is 37.3 Å². The van der Waals surface area contributed by atoms with Gasteiger partial charge in [0.05, 0.1) is 11.1 Å².